The van der Waals surface area contributed by atoms with E-state index in [9.17, 15) is 18.1 Å². The lowest BCUT2D eigenvalue weighted by molar-refractivity contribution is -0.126. The fraction of sp³-hybridized carbons (Fsp3) is 0.947. The van der Waals surface area contributed by atoms with E-state index < -0.39 is 21.2 Å². The van der Waals surface area contributed by atoms with Gasteiger partial charge in [-0.15, -0.1) is 11.6 Å². The van der Waals surface area contributed by atoms with Crippen LogP contribution in [0.4, 0.5) is 0 Å². The highest BCUT2D eigenvalue weighted by Gasteiger charge is 2.41. The Morgan fingerprint density at radius 1 is 0.966 bits per heavy atom. The largest absolute Gasteiger partial charge is 0.353 e. The molecular formula is C19H31BrClN3O4S. The van der Waals surface area contributed by atoms with Gasteiger partial charge in [-0.1, -0.05) is 21.1 Å². The Bertz CT molecular complexity index is 687. The first-order valence-electron chi connectivity index (χ1n) is 10.7. The van der Waals surface area contributed by atoms with Crippen molar-refractivity contribution in [2.75, 3.05) is 0 Å². The van der Waals surface area contributed by atoms with Crippen LogP contribution in [0.25, 0.3) is 0 Å². The second-order valence-corrected chi connectivity index (χ2v) is 12.6. The van der Waals surface area contributed by atoms with Crippen molar-refractivity contribution in [2.24, 2.45) is 11.1 Å². The number of nitrogens with one attached hydrogen (secondary N) is 2. The molecule has 0 aromatic heterocycles. The summed E-state index contributed by atoms with van der Waals surface area (Å²) in [4.78, 5) is 24.1. The monoisotopic (exact) mass is 511 g/mol. The molecule has 5 atom stereocenters. The van der Waals surface area contributed by atoms with E-state index in [1.165, 1.54) is 0 Å². The van der Waals surface area contributed by atoms with Crippen molar-refractivity contribution in [1.82, 2.24) is 10.0 Å². The van der Waals surface area contributed by atoms with Crippen LogP contribution in [0.1, 0.15) is 70.6 Å². The summed E-state index contributed by atoms with van der Waals surface area (Å²) in [6, 6.07) is -0.360. The Labute approximate surface area is 186 Å². The lowest BCUT2D eigenvalue weighted by Gasteiger charge is -2.35. The third kappa shape index (κ3) is 6.37. The number of amides is 1. The molecule has 0 saturated heterocycles. The highest BCUT2D eigenvalue weighted by Crippen LogP contribution is 2.34. The summed E-state index contributed by atoms with van der Waals surface area (Å²) in [5.41, 5.74) is 0. The zero-order chi connectivity index (χ0) is 21.0. The number of nitroso groups, excluding NO2 is 1. The lowest BCUT2D eigenvalue weighted by atomic mass is 9.86. The minimum atomic E-state index is -3.50. The van der Waals surface area contributed by atoms with Crippen molar-refractivity contribution in [3.8, 4) is 0 Å². The van der Waals surface area contributed by atoms with E-state index in [0.29, 0.717) is 24.1 Å². The van der Waals surface area contributed by atoms with Gasteiger partial charge in [-0.25, -0.2) is 13.1 Å². The van der Waals surface area contributed by atoms with Crippen LogP contribution in [0.3, 0.4) is 0 Å². The van der Waals surface area contributed by atoms with E-state index in [4.69, 9.17) is 11.6 Å². The van der Waals surface area contributed by atoms with Gasteiger partial charge in [0.1, 0.15) is 0 Å². The first kappa shape index (κ1) is 23.4. The molecule has 0 radical (unpaired) electrons. The minimum Gasteiger partial charge on any atom is -0.353 e. The van der Waals surface area contributed by atoms with Crippen LogP contribution in [0, 0.1) is 10.8 Å². The first-order chi connectivity index (χ1) is 13.8. The minimum absolute atomic E-state index is 0.0233. The summed E-state index contributed by atoms with van der Waals surface area (Å²) in [5, 5.41) is 5.16. The normalized spacial score (nSPS) is 38.9. The Morgan fingerprint density at radius 2 is 1.69 bits per heavy atom. The molecule has 3 aliphatic carbocycles. The molecule has 0 aromatic rings. The van der Waals surface area contributed by atoms with Gasteiger partial charge in [0, 0.05) is 22.3 Å². The van der Waals surface area contributed by atoms with Crippen LogP contribution in [0.2, 0.25) is 0 Å². The maximum atomic E-state index is 12.9. The van der Waals surface area contributed by atoms with Gasteiger partial charge >= 0.3 is 0 Å². The smallest absolute Gasteiger partial charge is 0.224 e. The van der Waals surface area contributed by atoms with E-state index in [2.05, 4.69) is 31.1 Å². The highest BCUT2D eigenvalue weighted by molar-refractivity contribution is 9.09. The van der Waals surface area contributed by atoms with Crippen molar-refractivity contribution in [1.29, 1.82) is 0 Å². The van der Waals surface area contributed by atoms with Gasteiger partial charge in [-0.3, -0.25) is 4.79 Å². The van der Waals surface area contributed by atoms with Crippen molar-refractivity contribution < 1.29 is 13.2 Å². The highest BCUT2D eigenvalue weighted by atomic mass is 79.9. The predicted octanol–water partition coefficient (Wildman–Crippen LogP) is 3.58. The van der Waals surface area contributed by atoms with Gasteiger partial charge < -0.3 is 5.32 Å². The maximum absolute atomic E-state index is 12.9. The van der Waals surface area contributed by atoms with E-state index in [-0.39, 0.29) is 35.8 Å². The second kappa shape index (κ2) is 10.4. The topological polar surface area (TPSA) is 105 Å². The van der Waals surface area contributed by atoms with Crippen molar-refractivity contribution >= 4 is 43.5 Å². The number of nitrogens with zero attached hydrogens (tertiary/aromatic N) is 1. The zero-order valence-electron chi connectivity index (χ0n) is 16.6. The van der Waals surface area contributed by atoms with Crippen molar-refractivity contribution in [3.05, 3.63) is 4.91 Å². The fourth-order valence-corrected chi connectivity index (χ4v) is 7.52. The zero-order valence-corrected chi connectivity index (χ0v) is 19.7. The number of sulfonamides is 1. The van der Waals surface area contributed by atoms with Crippen LogP contribution in [-0.4, -0.2) is 47.9 Å². The third-order valence-electron chi connectivity index (χ3n) is 6.62. The first-order valence-corrected chi connectivity index (χ1v) is 13.6. The third-order valence-corrected chi connectivity index (χ3v) is 10.0. The molecule has 0 heterocycles. The SMILES string of the molecule is O=NC1CCCC(NC(=O)C2CC(S(=O)(=O)NC3CCC(Br)CC3)CCC2Cl)C1. The van der Waals surface area contributed by atoms with E-state index in [1.807, 2.05) is 0 Å². The molecule has 0 aromatic carbocycles. The number of hydrogen-bond donors (Lipinski definition) is 2. The molecule has 3 fully saturated rings. The molecule has 7 nitrogen and oxygen atoms in total. The summed E-state index contributed by atoms with van der Waals surface area (Å²) in [6.45, 7) is 0. The number of halogens is 2. The molecule has 0 bridgehead atoms. The molecule has 5 unspecified atom stereocenters. The Hall–Kier alpha value is -0.250. The average Bonchev–Trinajstić information content (AvgIpc) is 2.69. The Balaban J connectivity index is 1.57. The number of alkyl halides is 2. The van der Waals surface area contributed by atoms with Crippen molar-refractivity contribution in [2.45, 2.75) is 104 Å². The van der Waals surface area contributed by atoms with Gasteiger partial charge in [0.15, 0.2) is 0 Å². The molecule has 10 heteroatoms. The van der Waals surface area contributed by atoms with Crippen LogP contribution in [-0.2, 0) is 14.8 Å². The van der Waals surface area contributed by atoms with Crippen LogP contribution in [0.5, 0.6) is 0 Å². The van der Waals surface area contributed by atoms with Crippen LogP contribution < -0.4 is 10.0 Å². The Kier molecular flexibility index (Phi) is 8.38. The van der Waals surface area contributed by atoms with Crippen LogP contribution >= 0.6 is 27.5 Å². The van der Waals surface area contributed by atoms with E-state index in [1.54, 1.807) is 0 Å². The second-order valence-electron chi connectivity index (χ2n) is 8.80. The van der Waals surface area contributed by atoms with E-state index >= 15 is 0 Å². The average molecular weight is 513 g/mol. The van der Waals surface area contributed by atoms with Gasteiger partial charge in [-0.2, -0.15) is 4.91 Å². The van der Waals surface area contributed by atoms with Gasteiger partial charge in [0.2, 0.25) is 15.9 Å². The number of hydrogen-bond acceptors (Lipinski definition) is 5. The number of rotatable bonds is 6. The summed E-state index contributed by atoms with van der Waals surface area (Å²) in [6.07, 6.45) is 7.79. The number of carbonyl (C=O) groups is 1. The summed E-state index contributed by atoms with van der Waals surface area (Å²) in [7, 11) is -3.50. The molecular weight excluding hydrogens is 482 g/mol. The van der Waals surface area contributed by atoms with Gasteiger partial charge in [0.05, 0.1) is 17.2 Å². The molecule has 0 spiro atoms. The standard InChI is InChI=1S/C19H31BrClN3O4S/c20-12-4-6-13(7-5-12)24-29(27,28)16-8-9-18(21)17(11-16)19(25)22-14-2-1-3-15(10-14)23-26/h12-18,24H,1-11H2,(H,22,25). The molecule has 3 rings (SSSR count). The fourth-order valence-electron chi connectivity index (χ4n) is 4.85. The molecule has 1 amide bonds. The molecule has 3 aliphatic rings. The van der Waals surface area contributed by atoms with Crippen LogP contribution in [0.15, 0.2) is 5.18 Å². The summed E-state index contributed by atoms with van der Waals surface area (Å²) in [5.74, 6) is -0.726. The predicted molar refractivity (Wildman–Crippen MR) is 118 cm³/mol. The summed E-state index contributed by atoms with van der Waals surface area (Å²) < 4.78 is 28.8. The molecule has 2 N–H and O–H groups in total. The molecule has 29 heavy (non-hydrogen) atoms. The maximum Gasteiger partial charge on any atom is 0.224 e. The van der Waals surface area contributed by atoms with E-state index in [0.717, 1.165) is 44.9 Å². The quantitative estimate of drug-likeness (QED) is 0.419. The summed E-state index contributed by atoms with van der Waals surface area (Å²) >= 11 is 10.0. The molecule has 0 aliphatic heterocycles. The van der Waals surface area contributed by atoms with Gasteiger partial charge in [-0.05, 0) is 70.6 Å². The molecule has 166 valence electrons. The van der Waals surface area contributed by atoms with Gasteiger partial charge in [0.25, 0.3) is 0 Å². The van der Waals surface area contributed by atoms with Crippen molar-refractivity contribution in [3.63, 3.8) is 0 Å². The number of carbonyl (C=O) groups excluding carboxylic acids is 1. The molecule has 3 saturated carbocycles. The Morgan fingerprint density at radius 3 is 2.38 bits per heavy atom. The lowest BCUT2D eigenvalue weighted by Crippen LogP contribution is -2.50.